The van der Waals surface area contributed by atoms with Crippen molar-refractivity contribution in [2.24, 2.45) is 0 Å². The third kappa shape index (κ3) is 7.25. The zero-order valence-electron chi connectivity index (χ0n) is 32.3. The minimum absolute atomic E-state index is 0.104. The summed E-state index contributed by atoms with van der Waals surface area (Å²) in [6.07, 6.45) is 8.59. The van der Waals surface area contributed by atoms with E-state index in [1.807, 2.05) is 29.0 Å². The molecule has 9 rings (SSSR count). The van der Waals surface area contributed by atoms with Crippen LogP contribution < -0.4 is 23.7 Å². The SMILES string of the molecule is COc1ccc2cc1Oc1ccc(cc1)C[C@H]1c3cc(c(CO)cc3CCN1C)Oc1c(OC)c(OC)c(COCCn3ccnc3)c3c1[C@H](C2)N(C)CC3. The summed E-state index contributed by atoms with van der Waals surface area (Å²) >= 11 is 0. The van der Waals surface area contributed by atoms with Crippen LogP contribution in [0.25, 0.3) is 0 Å². The van der Waals surface area contributed by atoms with E-state index >= 15 is 0 Å². The number of hydrogen-bond donors (Lipinski definition) is 1. The van der Waals surface area contributed by atoms with Crippen LogP contribution in [0.4, 0.5) is 0 Å². The fourth-order valence-corrected chi connectivity index (χ4v) is 8.48. The van der Waals surface area contributed by atoms with E-state index in [1.54, 1.807) is 33.9 Å². The molecule has 5 aromatic rings. The number of aliphatic hydroxyl groups excluding tert-OH is 1. The molecule has 0 saturated carbocycles. The first-order chi connectivity index (χ1) is 26.9. The molecule has 0 fully saturated rings. The van der Waals surface area contributed by atoms with Gasteiger partial charge in [0.1, 0.15) is 11.5 Å². The molecule has 4 aliphatic heterocycles. The Kier molecular flexibility index (Phi) is 10.7. The van der Waals surface area contributed by atoms with Crippen LogP contribution in [-0.4, -0.2) is 79.6 Å². The number of aromatic nitrogens is 2. The Hall–Kier alpha value is -5.07. The molecule has 11 heteroatoms. The Labute approximate surface area is 322 Å². The first-order valence-electron chi connectivity index (χ1n) is 19.0. The zero-order chi connectivity index (χ0) is 38.1. The van der Waals surface area contributed by atoms with Gasteiger partial charge in [0.15, 0.2) is 23.0 Å². The van der Waals surface area contributed by atoms with Crippen LogP contribution in [0.15, 0.2) is 73.3 Å². The van der Waals surface area contributed by atoms with E-state index in [1.165, 1.54) is 16.7 Å². The zero-order valence-corrected chi connectivity index (χ0v) is 32.3. The predicted molar refractivity (Wildman–Crippen MR) is 209 cm³/mol. The molecule has 0 saturated heterocycles. The average molecular weight is 747 g/mol. The first-order valence-corrected chi connectivity index (χ1v) is 19.0. The summed E-state index contributed by atoms with van der Waals surface area (Å²) in [7, 11) is 9.33. The van der Waals surface area contributed by atoms with Gasteiger partial charge in [-0.05, 0) is 104 Å². The number of benzene rings is 4. The van der Waals surface area contributed by atoms with Crippen LogP contribution in [-0.2, 0) is 50.2 Å². The van der Waals surface area contributed by atoms with Crippen molar-refractivity contribution in [2.45, 2.75) is 57.5 Å². The Bertz CT molecular complexity index is 2140. The second-order valence-electron chi connectivity index (χ2n) is 14.7. The Balaban J connectivity index is 1.32. The highest BCUT2D eigenvalue weighted by Crippen LogP contribution is 2.53. The molecule has 0 unspecified atom stereocenters. The maximum absolute atomic E-state index is 10.8. The van der Waals surface area contributed by atoms with Crippen LogP contribution in [0.3, 0.4) is 0 Å². The number of fused-ring (bicyclic) bond motifs is 2. The number of methoxy groups -OCH3 is 3. The summed E-state index contributed by atoms with van der Waals surface area (Å²) in [4.78, 5) is 8.94. The molecular weight excluding hydrogens is 697 g/mol. The largest absolute Gasteiger partial charge is 0.493 e. The molecule has 55 heavy (non-hydrogen) atoms. The fourth-order valence-electron chi connectivity index (χ4n) is 8.48. The van der Waals surface area contributed by atoms with Crippen LogP contribution in [0.2, 0.25) is 0 Å². The number of ether oxygens (including phenoxy) is 6. The minimum Gasteiger partial charge on any atom is -0.493 e. The lowest BCUT2D eigenvalue weighted by Gasteiger charge is -2.38. The number of aliphatic hydroxyl groups is 1. The van der Waals surface area contributed by atoms with Gasteiger partial charge in [0.2, 0.25) is 5.75 Å². The maximum atomic E-state index is 10.8. The summed E-state index contributed by atoms with van der Waals surface area (Å²) in [5, 5.41) is 10.8. The van der Waals surface area contributed by atoms with Gasteiger partial charge >= 0.3 is 0 Å². The van der Waals surface area contributed by atoms with E-state index in [-0.39, 0.29) is 18.7 Å². The Morgan fingerprint density at radius 1 is 0.818 bits per heavy atom. The van der Waals surface area contributed by atoms with Gasteiger partial charge in [0, 0.05) is 60.8 Å². The molecule has 2 atom stereocenters. The van der Waals surface area contributed by atoms with Crippen LogP contribution >= 0.6 is 0 Å². The van der Waals surface area contributed by atoms with Gasteiger partial charge in [-0.1, -0.05) is 18.2 Å². The molecule has 0 radical (unpaired) electrons. The summed E-state index contributed by atoms with van der Waals surface area (Å²) in [6, 6.07) is 18.8. The Morgan fingerprint density at radius 2 is 1.58 bits per heavy atom. The van der Waals surface area contributed by atoms with Crippen molar-refractivity contribution in [2.75, 3.05) is 55.1 Å². The molecule has 1 N–H and O–H groups in total. The molecule has 0 spiro atoms. The summed E-state index contributed by atoms with van der Waals surface area (Å²) in [5.74, 6) is 4.35. The highest BCUT2D eigenvalue weighted by molar-refractivity contribution is 5.67. The smallest absolute Gasteiger partial charge is 0.204 e. The lowest BCUT2D eigenvalue weighted by atomic mass is 9.84. The van der Waals surface area contributed by atoms with Crippen molar-refractivity contribution in [1.82, 2.24) is 19.4 Å². The van der Waals surface area contributed by atoms with Gasteiger partial charge in [-0.15, -0.1) is 0 Å². The van der Waals surface area contributed by atoms with Crippen LogP contribution in [0.1, 0.15) is 56.6 Å². The Morgan fingerprint density at radius 3 is 2.33 bits per heavy atom. The minimum atomic E-state index is -0.160. The van der Waals surface area contributed by atoms with E-state index < -0.39 is 0 Å². The topological polar surface area (TPSA) is 99.9 Å². The standard InChI is InChI=1S/C44H50N4O7/c1-46-15-12-30-23-31(25-49)39-24-34(30)36(46)20-28-6-9-32(10-7-28)54-40-22-29(8-11-38(40)50-3)21-37-41-33(13-16-47(37)2)35(26-53-19-18-48-17-14-45-27-48)42(51-4)44(52-5)43(41)55-39/h6-11,14,17,22-24,27,36-37,49H,12-13,15-16,18-21,25-26H2,1-5H3/t36-,37-/m0/s1. The number of likely N-dealkylation sites (N-methyl/N-ethyl adjacent to an activating group) is 2. The van der Waals surface area contributed by atoms with Crippen molar-refractivity contribution < 1.29 is 33.5 Å². The third-order valence-electron chi connectivity index (χ3n) is 11.5. The van der Waals surface area contributed by atoms with Crippen molar-refractivity contribution in [1.29, 1.82) is 0 Å². The van der Waals surface area contributed by atoms with E-state index in [2.05, 4.69) is 65.3 Å². The van der Waals surface area contributed by atoms with Crippen LogP contribution in [0.5, 0.6) is 40.2 Å². The van der Waals surface area contributed by atoms with Crippen molar-refractivity contribution in [3.05, 3.63) is 118 Å². The van der Waals surface area contributed by atoms with E-state index in [9.17, 15) is 5.11 Å². The molecule has 1 aromatic heterocycles. The van der Waals surface area contributed by atoms with Crippen molar-refractivity contribution in [3.8, 4) is 40.2 Å². The monoisotopic (exact) mass is 746 g/mol. The predicted octanol–water partition coefficient (Wildman–Crippen LogP) is 7.06. The van der Waals surface area contributed by atoms with Crippen LogP contribution in [0, 0.1) is 0 Å². The molecule has 0 amide bonds. The highest BCUT2D eigenvalue weighted by atomic mass is 16.5. The molecule has 5 heterocycles. The van der Waals surface area contributed by atoms with Gasteiger partial charge in [-0.3, -0.25) is 9.80 Å². The van der Waals surface area contributed by atoms with Crippen molar-refractivity contribution in [3.63, 3.8) is 0 Å². The summed E-state index contributed by atoms with van der Waals surface area (Å²) in [5.41, 5.74) is 8.52. The van der Waals surface area contributed by atoms with Gasteiger partial charge in [-0.2, -0.15) is 0 Å². The van der Waals surface area contributed by atoms with Crippen molar-refractivity contribution >= 4 is 0 Å². The molecule has 6 bridgehead atoms. The third-order valence-corrected chi connectivity index (χ3v) is 11.5. The number of hydrogen-bond acceptors (Lipinski definition) is 10. The molecular formula is C44H50N4O7. The second kappa shape index (κ2) is 16.0. The highest BCUT2D eigenvalue weighted by Gasteiger charge is 2.37. The average Bonchev–Trinajstić information content (AvgIpc) is 3.73. The molecule has 11 nitrogen and oxygen atoms in total. The lowest BCUT2D eigenvalue weighted by molar-refractivity contribution is 0.109. The lowest BCUT2D eigenvalue weighted by Crippen LogP contribution is -2.35. The summed E-state index contributed by atoms with van der Waals surface area (Å²) < 4.78 is 40.3. The molecule has 0 aliphatic carbocycles. The number of nitrogens with zero attached hydrogens (tertiary/aromatic N) is 4. The normalized spacial score (nSPS) is 18.1. The quantitative estimate of drug-likeness (QED) is 0.158. The second-order valence-corrected chi connectivity index (χ2v) is 14.7. The number of rotatable bonds is 9. The van der Waals surface area contributed by atoms with Gasteiger partial charge in [0.05, 0.1) is 47.5 Å². The molecule has 4 aromatic carbocycles. The maximum Gasteiger partial charge on any atom is 0.204 e. The van der Waals surface area contributed by atoms with Gasteiger partial charge < -0.3 is 38.1 Å². The fraction of sp³-hybridized carbons (Fsp3) is 0.386. The van der Waals surface area contributed by atoms with Gasteiger partial charge in [0.25, 0.3) is 0 Å². The van der Waals surface area contributed by atoms with E-state index in [4.69, 9.17) is 28.4 Å². The number of imidazole rings is 1. The molecule has 288 valence electrons. The first kappa shape index (κ1) is 36.9. The summed E-state index contributed by atoms with van der Waals surface area (Å²) in [6.45, 7) is 3.08. The van der Waals surface area contributed by atoms with E-state index in [0.29, 0.717) is 60.7 Å². The van der Waals surface area contributed by atoms with Gasteiger partial charge in [-0.25, -0.2) is 4.98 Å². The van der Waals surface area contributed by atoms with E-state index in [0.717, 1.165) is 65.9 Å². The molecule has 4 aliphatic rings.